The lowest BCUT2D eigenvalue weighted by Gasteiger charge is -2.20. The standard InChI is InChI=1S/C28H27N7O5/c1-28(2,3)35-22(36)16-12-14-17(15-13-16)29-25-32-26(30-20-10-6-4-8-18(20)23(37)38)34-27(33-25)31-21-11-7-5-9-19(21)24(39)40/h4-15H,1-3H3,(H,35,36)(H,37,38)(H,39,40)(H3,29,30,31,32,33,34). The third-order valence-electron chi connectivity index (χ3n) is 5.34. The summed E-state index contributed by atoms with van der Waals surface area (Å²) in [4.78, 5) is 48.8. The molecule has 0 aliphatic heterocycles. The van der Waals surface area contributed by atoms with E-state index in [1.807, 2.05) is 20.8 Å². The number of nitrogens with zero attached hydrogens (tertiary/aromatic N) is 3. The molecular formula is C28H27N7O5. The van der Waals surface area contributed by atoms with E-state index in [-0.39, 0.29) is 51.8 Å². The summed E-state index contributed by atoms with van der Waals surface area (Å²) in [6.45, 7) is 5.67. The van der Waals surface area contributed by atoms with E-state index in [4.69, 9.17) is 0 Å². The third-order valence-corrected chi connectivity index (χ3v) is 5.34. The highest BCUT2D eigenvalue weighted by molar-refractivity contribution is 5.96. The van der Waals surface area contributed by atoms with Crippen molar-refractivity contribution < 1.29 is 24.6 Å². The Bertz CT molecular complexity index is 1490. The normalized spacial score (nSPS) is 10.9. The smallest absolute Gasteiger partial charge is 0.337 e. The summed E-state index contributed by atoms with van der Waals surface area (Å²) in [5, 5.41) is 30.8. The van der Waals surface area contributed by atoms with Gasteiger partial charge in [0.25, 0.3) is 5.91 Å². The predicted octanol–water partition coefficient (Wildman–Crippen LogP) is 5.03. The number of nitrogens with one attached hydrogen (secondary N) is 4. The van der Waals surface area contributed by atoms with Crippen LogP contribution in [0.4, 0.5) is 34.9 Å². The Morgan fingerprint density at radius 2 is 1.05 bits per heavy atom. The molecule has 0 atom stereocenters. The fourth-order valence-electron chi connectivity index (χ4n) is 3.59. The molecule has 0 bridgehead atoms. The Morgan fingerprint density at radius 3 is 1.48 bits per heavy atom. The monoisotopic (exact) mass is 541 g/mol. The molecule has 1 amide bonds. The maximum atomic E-state index is 12.5. The molecule has 1 aromatic heterocycles. The highest BCUT2D eigenvalue weighted by atomic mass is 16.4. The van der Waals surface area contributed by atoms with Crippen LogP contribution in [0.1, 0.15) is 51.8 Å². The molecule has 0 aliphatic carbocycles. The highest BCUT2D eigenvalue weighted by Crippen LogP contribution is 2.24. The van der Waals surface area contributed by atoms with Gasteiger partial charge < -0.3 is 31.5 Å². The number of benzene rings is 3. The van der Waals surface area contributed by atoms with Gasteiger partial charge in [0.1, 0.15) is 0 Å². The van der Waals surface area contributed by atoms with Crippen LogP contribution in [0, 0.1) is 0 Å². The molecule has 6 N–H and O–H groups in total. The second kappa shape index (κ2) is 11.5. The number of para-hydroxylation sites is 2. The van der Waals surface area contributed by atoms with Crippen LogP contribution in [0.2, 0.25) is 0 Å². The molecule has 0 saturated heterocycles. The van der Waals surface area contributed by atoms with Crippen LogP contribution in [0.25, 0.3) is 0 Å². The van der Waals surface area contributed by atoms with Crippen molar-refractivity contribution in [3.63, 3.8) is 0 Å². The number of carboxylic acid groups (broad SMARTS) is 2. The molecule has 0 saturated carbocycles. The zero-order chi connectivity index (χ0) is 28.9. The number of aromatic carboxylic acids is 2. The van der Waals surface area contributed by atoms with Gasteiger partial charge in [-0.05, 0) is 69.3 Å². The van der Waals surface area contributed by atoms with Gasteiger partial charge in [-0.2, -0.15) is 15.0 Å². The van der Waals surface area contributed by atoms with Crippen molar-refractivity contribution in [1.82, 2.24) is 20.3 Å². The number of hydrogen-bond donors (Lipinski definition) is 6. The van der Waals surface area contributed by atoms with E-state index in [1.54, 1.807) is 60.7 Å². The van der Waals surface area contributed by atoms with Crippen molar-refractivity contribution in [2.24, 2.45) is 0 Å². The zero-order valence-corrected chi connectivity index (χ0v) is 21.9. The minimum absolute atomic E-state index is 0.00248. The maximum absolute atomic E-state index is 12.5. The van der Waals surface area contributed by atoms with Gasteiger partial charge in [0, 0.05) is 16.8 Å². The van der Waals surface area contributed by atoms with Crippen molar-refractivity contribution in [1.29, 1.82) is 0 Å². The van der Waals surface area contributed by atoms with Crippen molar-refractivity contribution in [2.75, 3.05) is 16.0 Å². The zero-order valence-electron chi connectivity index (χ0n) is 21.9. The number of rotatable bonds is 9. The second-order valence-electron chi connectivity index (χ2n) is 9.66. The Hall–Kier alpha value is -5.52. The maximum Gasteiger partial charge on any atom is 0.337 e. The van der Waals surface area contributed by atoms with Crippen LogP contribution in [0.5, 0.6) is 0 Å². The van der Waals surface area contributed by atoms with E-state index in [0.29, 0.717) is 11.3 Å². The van der Waals surface area contributed by atoms with Crippen LogP contribution in [-0.4, -0.2) is 48.5 Å². The lowest BCUT2D eigenvalue weighted by molar-refractivity contribution is 0.0687. The first-order valence-electron chi connectivity index (χ1n) is 12.1. The first kappa shape index (κ1) is 27.5. The first-order chi connectivity index (χ1) is 19.0. The molecule has 204 valence electrons. The molecule has 0 unspecified atom stereocenters. The fourth-order valence-corrected chi connectivity index (χ4v) is 3.59. The third kappa shape index (κ3) is 7.07. The number of carboxylic acids is 2. The largest absolute Gasteiger partial charge is 0.478 e. The molecule has 0 radical (unpaired) electrons. The van der Waals surface area contributed by atoms with E-state index in [9.17, 15) is 24.6 Å². The molecule has 0 aliphatic rings. The second-order valence-corrected chi connectivity index (χ2v) is 9.66. The lowest BCUT2D eigenvalue weighted by Crippen LogP contribution is -2.40. The van der Waals surface area contributed by atoms with Gasteiger partial charge in [-0.3, -0.25) is 4.79 Å². The number of amides is 1. The molecule has 4 rings (SSSR count). The average Bonchev–Trinajstić information content (AvgIpc) is 2.88. The number of hydrogen-bond acceptors (Lipinski definition) is 9. The van der Waals surface area contributed by atoms with Gasteiger partial charge in [-0.25, -0.2) is 9.59 Å². The van der Waals surface area contributed by atoms with Gasteiger partial charge in [0.05, 0.1) is 22.5 Å². The van der Waals surface area contributed by atoms with Crippen LogP contribution in [0.15, 0.2) is 72.8 Å². The molecule has 0 spiro atoms. The van der Waals surface area contributed by atoms with Gasteiger partial charge in [0.2, 0.25) is 17.8 Å². The number of carbonyl (C=O) groups is 3. The van der Waals surface area contributed by atoms with Crippen molar-refractivity contribution in [2.45, 2.75) is 26.3 Å². The Kier molecular flexibility index (Phi) is 7.89. The summed E-state index contributed by atoms with van der Waals surface area (Å²) >= 11 is 0. The van der Waals surface area contributed by atoms with Gasteiger partial charge in [0.15, 0.2) is 0 Å². The predicted molar refractivity (Wildman–Crippen MR) is 150 cm³/mol. The van der Waals surface area contributed by atoms with Crippen molar-refractivity contribution in [3.8, 4) is 0 Å². The van der Waals surface area contributed by atoms with Crippen LogP contribution in [0.3, 0.4) is 0 Å². The van der Waals surface area contributed by atoms with E-state index >= 15 is 0 Å². The number of aromatic nitrogens is 3. The molecule has 40 heavy (non-hydrogen) atoms. The molecule has 12 heteroatoms. The summed E-state index contributed by atoms with van der Waals surface area (Å²) in [5.41, 5.74) is 1.16. The summed E-state index contributed by atoms with van der Waals surface area (Å²) in [6.07, 6.45) is 0. The lowest BCUT2D eigenvalue weighted by atomic mass is 10.1. The first-order valence-corrected chi connectivity index (χ1v) is 12.1. The van der Waals surface area contributed by atoms with Gasteiger partial charge in [-0.15, -0.1) is 0 Å². The van der Waals surface area contributed by atoms with Gasteiger partial charge in [-0.1, -0.05) is 24.3 Å². The molecule has 4 aromatic rings. The summed E-state index contributed by atoms with van der Waals surface area (Å²) in [5.74, 6) is -2.41. The minimum atomic E-state index is -1.14. The van der Waals surface area contributed by atoms with Crippen LogP contribution >= 0.6 is 0 Å². The van der Waals surface area contributed by atoms with Crippen LogP contribution in [-0.2, 0) is 0 Å². The van der Waals surface area contributed by atoms with E-state index in [2.05, 4.69) is 36.2 Å². The summed E-state index contributed by atoms with van der Waals surface area (Å²) in [7, 11) is 0. The minimum Gasteiger partial charge on any atom is -0.478 e. The van der Waals surface area contributed by atoms with E-state index in [1.165, 1.54) is 12.1 Å². The average molecular weight is 542 g/mol. The summed E-state index contributed by atoms with van der Waals surface area (Å²) < 4.78 is 0. The van der Waals surface area contributed by atoms with E-state index in [0.717, 1.165) is 0 Å². The number of anilines is 6. The van der Waals surface area contributed by atoms with Gasteiger partial charge >= 0.3 is 11.9 Å². The van der Waals surface area contributed by atoms with E-state index < -0.39 is 11.9 Å². The van der Waals surface area contributed by atoms with Crippen molar-refractivity contribution >= 4 is 52.8 Å². The summed E-state index contributed by atoms with van der Waals surface area (Å²) in [6, 6.07) is 19.2. The molecule has 3 aromatic carbocycles. The fraction of sp³-hybridized carbons (Fsp3) is 0.143. The molecular weight excluding hydrogens is 514 g/mol. The Labute approximate surface area is 229 Å². The quantitative estimate of drug-likeness (QED) is 0.167. The van der Waals surface area contributed by atoms with Crippen molar-refractivity contribution in [3.05, 3.63) is 89.5 Å². The Balaban J connectivity index is 1.67. The molecule has 0 fully saturated rings. The molecule has 12 nitrogen and oxygen atoms in total. The molecule has 1 heterocycles. The number of carbonyl (C=O) groups excluding carboxylic acids is 1. The highest BCUT2D eigenvalue weighted by Gasteiger charge is 2.17. The Morgan fingerprint density at radius 1 is 0.625 bits per heavy atom. The SMILES string of the molecule is CC(C)(C)NC(=O)c1ccc(Nc2nc(Nc3ccccc3C(=O)O)nc(Nc3ccccc3C(=O)O)n2)cc1. The van der Waals surface area contributed by atoms with Crippen LogP contribution < -0.4 is 21.3 Å². The topological polar surface area (TPSA) is 178 Å².